The molecule has 0 fully saturated rings. The molecule has 0 aromatic heterocycles. The average molecular weight is 396 g/mol. The van der Waals surface area contributed by atoms with Crippen LogP contribution in [0.15, 0.2) is 24.3 Å². The fraction of sp³-hybridized carbons (Fsp3) is 0.792. The van der Waals surface area contributed by atoms with Crippen LogP contribution in [0.1, 0.15) is 104 Å². The quantitative estimate of drug-likeness (QED) is 0.201. The maximum atomic E-state index is 11.9. The number of unbranched alkanes of at least 4 members (excludes halogenated alkanes) is 10. The number of hydrogen-bond acceptors (Lipinski definition) is 3. The van der Waals surface area contributed by atoms with Gasteiger partial charge in [-0.15, -0.1) is 0 Å². The lowest BCUT2D eigenvalue weighted by molar-refractivity contribution is -0.123. The molecule has 0 bridgehead atoms. The van der Waals surface area contributed by atoms with E-state index < -0.39 is 12.1 Å². The standard InChI is InChI=1S/C24H45NO3/c1-3-5-7-9-10-11-12-13-14-16-17-19-23(27)22(21-26)25-24(28)20-18-15-8-6-4-2/h12-13,17,19,22-23,26-27H,3-11,14-16,18,20-21H2,1-2H3,(H,25,28)/b13-12+,19-17+. The Morgan fingerprint density at radius 3 is 2.04 bits per heavy atom. The monoisotopic (exact) mass is 395 g/mol. The summed E-state index contributed by atoms with van der Waals surface area (Å²) in [5.74, 6) is -0.0927. The van der Waals surface area contributed by atoms with Gasteiger partial charge < -0.3 is 15.5 Å². The molecule has 2 unspecified atom stereocenters. The second-order valence-corrected chi connectivity index (χ2v) is 7.69. The van der Waals surface area contributed by atoms with Crippen LogP contribution in [-0.2, 0) is 4.79 Å². The summed E-state index contributed by atoms with van der Waals surface area (Å²) in [5.41, 5.74) is 0. The molecule has 0 radical (unpaired) electrons. The predicted octanol–water partition coefficient (Wildman–Crippen LogP) is 5.44. The minimum Gasteiger partial charge on any atom is -0.394 e. The van der Waals surface area contributed by atoms with E-state index in [4.69, 9.17) is 0 Å². The molecule has 164 valence electrons. The highest BCUT2D eigenvalue weighted by Crippen LogP contribution is 2.07. The van der Waals surface area contributed by atoms with E-state index in [2.05, 4.69) is 31.3 Å². The lowest BCUT2D eigenvalue weighted by atomic mass is 10.1. The Bertz CT molecular complexity index is 407. The van der Waals surface area contributed by atoms with Gasteiger partial charge in [0, 0.05) is 6.42 Å². The molecule has 0 spiro atoms. The molecule has 0 saturated heterocycles. The van der Waals surface area contributed by atoms with Gasteiger partial charge in [0.2, 0.25) is 5.91 Å². The average Bonchev–Trinajstić information content (AvgIpc) is 2.69. The zero-order valence-corrected chi connectivity index (χ0v) is 18.4. The van der Waals surface area contributed by atoms with Crippen molar-refractivity contribution in [1.29, 1.82) is 0 Å². The first-order valence-electron chi connectivity index (χ1n) is 11.6. The molecule has 28 heavy (non-hydrogen) atoms. The zero-order valence-electron chi connectivity index (χ0n) is 18.4. The van der Waals surface area contributed by atoms with Crippen molar-refractivity contribution in [2.24, 2.45) is 0 Å². The number of allylic oxidation sites excluding steroid dienone is 3. The number of hydrogen-bond donors (Lipinski definition) is 3. The first-order valence-corrected chi connectivity index (χ1v) is 11.6. The zero-order chi connectivity index (χ0) is 20.9. The van der Waals surface area contributed by atoms with Crippen molar-refractivity contribution in [3.05, 3.63) is 24.3 Å². The van der Waals surface area contributed by atoms with Gasteiger partial charge in [-0.05, 0) is 32.1 Å². The van der Waals surface area contributed by atoms with Gasteiger partial charge in [0.25, 0.3) is 0 Å². The normalized spacial score (nSPS) is 14.0. The van der Waals surface area contributed by atoms with Crippen LogP contribution in [-0.4, -0.2) is 34.9 Å². The van der Waals surface area contributed by atoms with Crippen LogP contribution in [0.25, 0.3) is 0 Å². The second kappa shape index (κ2) is 20.6. The Labute approximate surface area is 173 Å². The lowest BCUT2D eigenvalue weighted by Crippen LogP contribution is -2.45. The highest BCUT2D eigenvalue weighted by Gasteiger charge is 2.17. The Morgan fingerprint density at radius 2 is 1.39 bits per heavy atom. The van der Waals surface area contributed by atoms with E-state index in [1.165, 1.54) is 44.9 Å². The number of amides is 1. The van der Waals surface area contributed by atoms with Crippen molar-refractivity contribution in [3.8, 4) is 0 Å². The van der Waals surface area contributed by atoms with Gasteiger partial charge in [0.05, 0.1) is 18.8 Å². The Kier molecular flexibility index (Phi) is 19.8. The largest absolute Gasteiger partial charge is 0.394 e. The van der Waals surface area contributed by atoms with Crippen molar-refractivity contribution in [3.63, 3.8) is 0 Å². The number of aliphatic hydroxyl groups excluding tert-OH is 2. The van der Waals surface area contributed by atoms with E-state index in [-0.39, 0.29) is 12.5 Å². The first kappa shape index (κ1) is 26.9. The van der Waals surface area contributed by atoms with Gasteiger partial charge in [0.15, 0.2) is 0 Å². The van der Waals surface area contributed by atoms with Crippen molar-refractivity contribution in [1.82, 2.24) is 5.32 Å². The van der Waals surface area contributed by atoms with Crippen LogP contribution in [0.4, 0.5) is 0 Å². The summed E-state index contributed by atoms with van der Waals surface area (Å²) in [6.45, 7) is 4.14. The van der Waals surface area contributed by atoms with Crippen molar-refractivity contribution < 1.29 is 15.0 Å². The Hall–Kier alpha value is -1.13. The summed E-state index contributed by atoms with van der Waals surface area (Å²) in [6.07, 6.45) is 22.6. The molecular formula is C24H45NO3. The van der Waals surface area contributed by atoms with E-state index in [0.717, 1.165) is 38.5 Å². The number of aliphatic hydroxyl groups is 2. The van der Waals surface area contributed by atoms with Gasteiger partial charge in [0.1, 0.15) is 0 Å². The Balaban J connectivity index is 3.86. The molecule has 4 heteroatoms. The third-order valence-corrected chi connectivity index (χ3v) is 4.94. The maximum Gasteiger partial charge on any atom is 0.220 e. The first-order chi connectivity index (χ1) is 13.7. The molecule has 0 saturated carbocycles. The molecule has 4 nitrogen and oxygen atoms in total. The molecular weight excluding hydrogens is 350 g/mol. The van der Waals surface area contributed by atoms with Crippen molar-refractivity contribution in [2.75, 3.05) is 6.61 Å². The van der Waals surface area contributed by atoms with Crippen LogP contribution < -0.4 is 5.32 Å². The van der Waals surface area contributed by atoms with E-state index in [1.807, 2.05) is 6.08 Å². The van der Waals surface area contributed by atoms with E-state index >= 15 is 0 Å². The summed E-state index contributed by atoms with van der Waals surface area (Å²) in [5, 5.41) is 22.4. The SMILES string of the molecule is CCCCCCC/C=C/CC/C=C/C(O)C(CO)NC(=O)CCCCCCC. The molecule has 0 aliphatic carbocycles. The molecule has 0 aliphatic rings. The van der Waals surface area contributed by atoms with Crippen LogP contribution in [0.5, 0.6) is 0 Å². The summed E-state index contributed by atoms with van der Waals surface area (Å²) < 4.78 is 0. The molecule has 0 aromatic rings. The highest BCUT2D eigenvalue weighted by molar-refractivity contribution is 5.76. The number of carbonyl (C=O) groups is 1. The summed E-state index contributed by atoms with van der Waals surface area (Å²) >= 11 is 0. The van der Waals surface area contributed by atoms with Crippen LogP contribution in [0.3, 0.4) is 0 Å². The molecule has 2 atom stereocenters. The van der Waals surface area contributed by atoms with Gasteiger partial charge in [-0.25, -0.2) is 0 Å². The summed E-state index contributed by atoms with van der Waals surface area (Å²) in [4.78, 5) is 11.9. The van der Waals surface area contributed by atoms with E-state index in [1.54, 1.807) is 6.08 Å². The number of carbonyl (C=O) groups excluding carboxylic acids is 1. The fourth-order valence-corrected chi connectivity index (χ4v) is 3.07. The predicted molar refractivity (Wildman–Crippen MR) is 119 cm³/mol. The van der Waals surface area contributed by atoms with E-state index in [0.29, 0.717) is 6.42 Å². The van der Waals surface area contributed by atoms with Gasteiger partial charge >= 0.3 is 0 Å². The van der Waals surface area contributed by atoms with Crippen molar-refractivity contribution >= 4 is 5.91 Å². The fourth-order valence-electron chi connectivity index (χ4n) is 3.07. The van der Waals surface area contributed by atoms with Crippen molar-refractivity contribution in [2.45, 2.75) is 116 Å². The van der Waals surface area contributed by atoms with Gasteiger partial charge in [-0.2, -0.15) is 0 Å². The highest BCUT2D eigenvalue weighted by atomic mass is 16.3. The molecule has 0 rings (SSSR count). The van der Waals surface area contributed by atoms with Gasteiger partial charge in [-0.3, -0.25) is 4.79 Å². The van der Waals surface area contributed by atoms with Crippen LogP contribution >= 0.6 is 0 Å². The molecule has 3 N–H and O–H groups in total. The third-order valence-electron chi connectivity index (χ3n) is 4.94. The smallest absolute Gasteiger partial charge is 0.220 e. The van der Waals surface area contributed by atoms with E-state index in [9.17, 15) is 15.0 Å². The summed E-state index contributed by atoms with van der Waals surface area (Å²) in [7, 11) is 0. The molecule has 0 aliphatic heterocycles. The third kappa shape index (κ3) is 17.0. The number of nitrogens with one attached hydrogen (secondary N) is 1. The number of rotatable bonds is 19. The lowest BCUT2D eigenvalue weighted by Gasteiger charge is -2.19. The van der Waals surface area contributed by atoms with Crippen LogP contribution in [0.2, 0.25) is 0 Å². The molecule has 1 amide bonds. The topological polar surface area (TPSA) is 69.6 Å². The minimum absolute atomic E-state index is 0.0927. The Morgan fingerprint density at radius 1 is 0.821 bits per heavy atom. The maximum absolute atomic E-state index is 11.9. The second-order valence-electron chi connectivity index (χ2n) is 7.69. The molecule has 0 aromatic carbocycles. The summed E-state index contributed by atoms with van der Waals surface area (Å²) in [6, 6.07) is -0.627. The van der Waals surface area contributed by atoms with Gasteiger partial charge in [-0.1, -0.05) is 89.5 Å². The van der Waals surface area contributed by atoms with Crippen LogP contribution in [0, 0.1) is 0 Å². The minimum atomic E-state index is -0.850. The molecule has 0 heterocycles.